The number of carbonyl (C=O) groups is 2. The highest BCUT2D eigenvalue weighted by molar-refractivity contribution is 5.93. The van der Waals surface area contributed by atoms with Gasteiger partial charge in [-0.3, -0.25) is 9.59 Å². The highest BCUT2D eigenvalue weighted by atomic mass is 19.4. The van der Waals surface area contributed by atoms with Crippen molar-refractivity contribution in [3.05, 3.63) is 81.3 Å². The summed E-state index contributed by atoms with van der Waals surface area (Å²) < 4.78 is 89.3. The Hall–Kier alpha value is -4.36. The number of aryl methyl sites for hydroxylation is 1. The first kappa shape index (κ1) is 28.2. The molecule has 1 heterocycles. The Bertz CT molecular complexity index is 1370. The van der Waals surface area contributed by atoms with E-state index in [-0.39, 0.29) is 12.7 Å². The van der Waals surface area contributed by atoms with Crippen LogP contribution >= 0.6 is 0 Å². The van der Waals surface area contributed by atoms with Gasteiger partial charge < -0.3 is 14.8 Å². The van der Waals surface area contributed by atoms with Gasteiger partial charge in [-0.15, -0.1) is 0 Å². The van der Waals surface area contributed by atoms with Crippen molar-refractivity contribution in [3.8, 4) is 11.4 Å². The predicted molar refractivity (Wildman–Crippen MR) is 121 cm³/mol. The zero-order valence-corrected chi connectivity index (χ0v) is 19.7. The lowest BCUT2D eigenvalue weighted by atomic mass is 10.1. The quantitative estimate of drug-likeness (QED) is 0.341. The normalized spacial score (nSPS) is 11.7. The molecule has 202 valence electrons. The van der Waals surface area contributed by atoms with Crippen molar-refractivity contribution in [3.63, 3.8) is 0 Å². The van der Waals surface area contributed by atoms with Crippen molar-refractivity contribution in [2.45, 2.75) is 26.2 Å². The Labute approximate surface area is 210 Å². The molecule has 0 saturated carbocycles. The van der Waals surface area contributed by atoms with Crippen molar-refractivity contribution in [1.29, 1.82) is 0 Å². The summed E-state index contributed by atoms with van der Waals surface area (Å²) in [6.07, 6.45) is -10.2. The molecule has 0 atom stereocenters. The Balaban J connectivity index is 1.87. The van der Waals surface area contributed by atoms with Crippen LogP contribution in [0.1, 0.15) is 34.1 Å². The van der Waals surface area contributed by atoms with Crippen LogP contribution in [0.3, 0.4) is 0 Å². The standard InChI is InChI=1S/C24H19F6N3O5/c1-3-37-22(36)21-18(11-20(35)33(32-21)17-6-4-13(2)5-7-17)38-12-19(34)31-16-9-14(23(25,26)27)8-15(10-16)24(28,29)30/h4-11H,3,12H2,1-2H3,(H,31,34). The summed E-state index contributed by atoms with van der Waals surface area (Å²) >= 11 is 0. The minimum atomic E-state index is -5.11. The van der Waals surface area contributed by atoms with Crippen LogP contribution in [0.25, 0.3) is 5.69 Å². The number of ether oxygens (including phenoxy) is 2. The maximum absolute atomic E-state index is 13.1. The first-order valence-electron chi connectivity index (χ1n) is 10.8. The number of alkyl halides is 6. The highest BCUT2D eigenvalue weighted by Crippen LogP contribution is 2.37. The molecule has 1 aromatic heterocycles. The molecule has 14 heteroatoms. The molecule has 0 aliphatic carbocycles. The number of hydrogen-bond donors (Lipinski definition) is 1. The Morgan fingerprint density at radius 1 is 0.947 bits per heavy atom. The Kier molecular flexibility index (Phi) is 8.13. The Morgan fingerprint density at radius 2 is 1.53 bits per heavy atom. The number of carbonyl (C=O) groups excluding carboxylic acids is 2. The largest absolute Gasteiger partial charge is 0.481 e. The fourth-order valence-corrected chi connectivity index (χ4v) is 3.13. The van der Waals surface area contributed by atoms with E-state index in [0.29, 0.717) is 17.8 Å². The van der Waals surface area contributed by atoms with Gasteiger partial charge in [0.1, 0.15) is 0 Å². The fraction of sp³-hybridized carbons (Fsp3) is 0.250. The lowest BCUT2D eigenvalue weighted by Crippen LogP contribution is -2.27. The van der Waals surface area contributed by atoms with Gasteiger partial charge in [-0.1, -0.05) is 17.7 Å². The molecule has 0 bridgehead atoms. The van der Waals surface area contributed by atoms with Gasteiger partial charge in [-0.25, -0.2) is 4.79 Å². The third kappa shape index (κ3) is 6.89. The second-order valence-corrected chi connectivity index (χ2v) is 7.79. The van der Waals surface area contributed by atoms with E-state index in [1.54, 1.807) is 24.3 Å². The number of rotatable bonds is 7. The van der Waals surface area contributed by atoms with Crippen LogP contribution in [0.4, 0.5) is 32.0 Å². The molecular formula is C24H19F6N3O5. The number of esters is 1. The summed E-state index contributed by atoms with van der Waals surface area (Å²) in [5, 5.41) is 5.84. The maximum atomic E-state index is 13.1. The lowest BCUT2D eigenvalue weighted by Gasteiger charge is -2.15. The second-order valence-electron chi connectivity index (χ2n) is 7.79. The molecule has 3 rings (SSSR count). The number of hydrogen-bond acceptors (Lipinski definition) is 6. The zero-order valence-electron chi connectivity index (χ0n) is 19.7. The molecule has 8 nitrogen and oxygen atoms in total. The molecule has 0 aliphatic heterocycles. The molecule has 0 saturated heterocycles. The third-order valence-corrected chi connectivity index (χ3v) is 4.87. The molecule has 0 unspecified atom stereocenters. The number of nitrogens with zero attached hydrogens (tertiary/aromatic N) is 2. The molecule has 0 aliphatic rings. The van der Waals surface area contributed by atoms with Crippen LogP contribution in [0, 0.1) is 6.92 Å². The topological polar surface area (TPSA) is 99.5 Å². The fourth-order valence-electron chi connectivity index (χ4n) is 3.13. The molecule has 1 amide bonds. The van der Waals surface area contributed by atoms with Crippen molar-refractivity contribution >= 4 is 17.6 Å². The lowest BCUT2D eigenvalue weighted by molar-refractivity contribution is -0.143. The molecule has 3 aromatic rings. The van der Waals surface area contributed by atoms with Crippen molar-refractivity contribution in [2.75, 3.05) is 18.5 Å². The van der Waals surface area contributed by atoms with Crippen LogP contribution < -0.4 is 15.6 Å². The van der Waals surface area contributed by atoms with E-state index in [4.69, 9.17) is 9.47 Å². The van der Waals surface area contributed by atoms with E-state index < -0.39 is 64.7 Å². The molecule has 1 N–H and O–H groups in total. The van der Waals surface area contributed by atoms with Gasteiger partial charge in [0.2, 0.25) is 5.69 Å². The second kappa shape index (κ2) is 10.9. The monoisotopic (exact) mass is 543 g/mol. The van der Waals surface area contributed by atoms with E-state index in [2.05, 4.69) is 5.10 Å². The van der Waals surface area contributed by atoms with Gasteiger partial charge in [-0.2, -0.15) is 36.1 Å². The number of halogens is 6. The van der Waals surface area contributed by atoms with E-state index in [1.807, 2.05) is 12.2 Å². The molecule has 0 spiro atoms. The first-order valence-corrected chi connectivity index (χ1v) is 10.8. The van der Waals surface area contributed by atoms with Gasteiger partial charge in [0, 0.05) is 5.69 Å². The van der Waals surface area contributed by atoms with E-state index in [1.165, 1.54) is 6.92 Å². The average Bonchev–Trinajstić information content (AvgIpc) is 2.82. The van der Waals surface area contributed by atoms with Crippen molar-refractivity contribution < 1.29 is 45.4 Å². The minimum Gasteiger partial charge on any atom is -0.481 e. The van der Waals surface area contributed by atoms with Crippen molar-refractivity contribution in [2.24, 2.45) is 0 Å². The van der Waals surface area contributed by atoms with Crippen LogP contribution in [-0.2, 0) is 21.9 Å². The summed E-state index contributed by atoms with van der Waals surface area (Å²) in [4.78, 5) is 37.3. The molecule has 2 aromatic carbocycles. The minimum absolute atomic E-state index is 0.0683. The van der Waals surface area contributed by atoms with Crippen LogP contribution in [0.2, 0.25) is 0 Å². The zero-order chi connectivity index (χ0) is 28.3. The number of nitrogens with one attached hydrogen (secondary N) is 1. The van der Waals surface area contributed by atoms with Gasteiger partial charge in [0.25, 0.3) is 11.5 Å². The summed E-state index contributed by atoms with van der Waals surface area (Å²) in [5.74, 6) is -2.65. The van der Waals surface area contributed by atoms with Crippen LogP contribution in [0.5, 0.6) is 5.75 Å². The molecule has 38 heavy (non-hydrogen) atoms. The van der Waals surface area contributed by atoms with Crippen molar-refractivity contribution in [1.82, 2.24) is 9.78 Å². The molecular weight excluding hydrogens is 524 g/mol. The number of anilines is 1. The average molecular weight is 543 g/mol. The summed E-state index contributed by atoms with van der Waals surface area (Å²) in [6, 6.07) is 7.92. The van der Waals surface area contributed by atoms with Gasteiger partial charge in [-0.05, 0) is 44.2 Å². The SMILES string of the molecule is CCOC(=O)c1nn(-c2ccc(C)cc2)c(=O)cc1OCC(=O)Nc1cc(C(F)(F)F)cc(C(F)(F)F)c1. The number of benzene rings is 2. The van der Waals surface area contributed by atoms with E-state index in [0.717, 1.165) is 16.3 Å². The predicted octanol–water partition coefficient (Wildman–Crippen LogP) is 4.77. The van der Waals surface area contributed by atoms with Gasteiger partial charge in [0.15, 0.2) is 12.4 Å². The van der Waals surface area contributed by atoms with Crippen LogP contribution in [0.15, 0.2) is 53.3 Å². The van der Waals surface area contributed by atoms with E-state index >= 15 is 0 Å². The maximum Gasteiger partial charge on any atom is 0.416 e. The van der Waals surface area contributed by atoms with Gasteiger partial charge in [0.05, 0.1) is 29.5 Å². The van der Waals surface area contributed by atoms with Gasteiger partial charge >= 0.3 is 18.3 Å². The van der Waals surface area contributed by atoms with Crippen LogP contribution in [-0.4, -0.2) is 34.9 Å². The number of amides is 1. The smallest absolute Gasteiger partial charge is 0.416 e. The van der Waals surface area contributed by atoms with E-state index in [9.17, 15) is 40.7 Å². The first-order chi connectivity index (χ1) is 17.7. The summed E-state index contributed by atoms with van der Waals surface area (Å²) in [7, 11) is 0. The highest BCUT2D eigenvalue weighted by Gasteiger charge is 2.37. The molecule has 0 fully saturated rings. The summed E-state index contributed by atoms with van der Waals surface area (Å²) in [6.45, 7) is 2.27. The number of aromatic nitrogens is 2. The third-order valence-electron chi connectivity index (χ3n) is 4.87. The Morgan fingerprint density at radius 3 is 2.05 bits per heavy atom. The summed E-state index contributed by atoms with van der Waals surface area (Å²) in [5.41, 5.74) is -4.10. The molecule has 0 radical (unpaired) electrons.